The lowest BCUT2D eigenvalue weighted by molar-refractivity contribution is 0.0953. The summed E-state index contributed by atoms with van der Waals surface area (Å²) in [5, 5.41) is 6.39. The molecule has 0 unspecified atom stereocenters. The lowest BCUT2D eigenvalue weighted by Gasteiger charge is -2.34. The Kier molecular flexibility index (Phi) is 11.3. The van der Waals surface area contributed by atoms with Crippen molar-refractivity contribution in [1.82, 2.24) is 15.5 Å². The van der Waals surface area contributed by atoms with E-state index in [1.54, 1.807) is 0 Å². The summed E-state index contributed by atoms with van der Waals surface area (Å²) in [5.41, 5.74) is 1.82. The Morgan fingerprint density at radius 3 is 2.38 bits per heavy atom. The Morgan fingerprint density at radius 1 is 1.06 bits per heavy atom. The fourth-order valence-corrected chi connectivity index (χ4v) is 3.65. The largest absolute Gasteiger partial charge is 0.490 e. The quantitative estimate of drug-likeness (QED) is 0.221. The second-order valence-electron chi connectivity index (χ2n) is 7.82. The molecule has 32 heavy (non-hydrogen) atoms. The first-order valence-electron chi connectivity index (χ1n) is 11.2. The lowest BCUT2D eigenvalue weighted by atomic mass is 10.1. The molecule has 1 aliphatic heterocycles. The molecule has 2 N–H and O–H groups in total. The summed E-state index contributed by atoms with van der Waals surface area (Å²) in [7, 11) is 1.82. The van der Waals surface area contributed by atoms with Gasteiger partial charge in [-0.3, -0.25) is 9.79 Å². The molecule has 0 spiro atoms. The summed E-state index contributed by atoms with van der Waals surface area (Å²) in [6, 6.07) is 17.8. The van der Waals surface area contributed by atoms with Crippen molar-refractivity contribution in [3.8, 4) is 5.75 Å². The zero-order valence-electron chi connectivity index (χ0n) is 19.0. The second-order valence-corrected chi connectivity index (χ2v) is 7.82. The van der Waals surface area contributed by atoms with E-state index in [9.17, 15) is 4.79 Å². The molecule has 1 fully saturated rings. The van der Waals surface area contributed by atoms with Crippen molar-refractivity contribution in [1.29, 1.82) is 0 Å². The van der Waals surface area contributed by atoms with Crippen LogP contribution in [0.1, 0.15) is 48.5 Å². The van der Waals surface area contributed by atoms with Gasteiger partial charge in [0.1, 0.15) is 11.9 Å². The highest BCUT2D eigenvalue weighted by atomic mass is 127. The molecule has 2 aromatic carbocycles. The molecule has 1 amide bonds. The Labute approximate surface area is 208 Å². The number of para-hydroxylation sites is 1. The van der Waals surface area contributed by atoms with E-state index in [-0.39, 0.29) is 36.0 Å². The van der Waals surface area contributed by atoms with Crippen LogP contribution in [0.5, 0.6) is 5.75 Å². The highest BCUT2D eigenvalue weighted by molar-refractivity contribution is 14.0. The van der Waals surface area contributed by atoms with Crippen LogP contribution in [0, 0.1) is 0 Å². The summed E-state index contributed by atoms with van der Waals surface area (Å²) in [4.78, 5) is 18.9. The molecule has 0 aromatic heterocycles. The van der Waals surface area contributed by atoms with Gasteiger partial charge in [0, 0.05) is 51.6 Å². The fraction of sp³-hybridized carbons (Fsp3) is 0.440. The Hall–Kier alpha value is -2.29. The first kappa shape index (κ1) is 26.0. The highest BCUT2D eigenvalue weighted by Gasteiger charge is 2.22. The number of piperidine rings is 1. The van der Waals surface area contributed by atoms with Gasteiger partial charge in [0.15, 0.2) is 5.96 Å². The maximum Gasteiger partial charge on any atom is 0.251 e. The molecule has 174 valence electrons. The van der Waals surface area contributed by atoms with Crippen LogP contribution in [-0.2, 0) is 6.54 Å². The van der Waals surface area contributed by atoms with Gasteiger partial charge < -0.3 is 20.3 Å². The second kappa shape index (κ2) is 14.0. The third kappa shape index (κ3) is 8.00. The highest BCUT2D eigenvalue weighted by Crippen LogP contribution is 2.18. The van der Waals surface area contributed by atoms with Gasteiger partial charge in [0.05, 0.1) is 0 Å². The molecule has 3 rings (SSSR count). The molecule has 0 atom stereocenters. The number of halogens is 1. The number of unbranched alkanes of at least 4 members (excludes halogenated alkanes) is 1. The van der Waals surface area contributed by atoms with E-state index in [2.05, 4.69) is 27.4 Å². The zero-order chi connectivity index (χ0) is 21.9. The van der Waals surface area contributed by atoms with E-state index in [1.807, 2.05) is 61.6 Å². The summed E-state index contributed by atoms with van der Waals surface area (Å²) in [6.07, 6.45) is 4.26. The molecule has 1 saturated heterocycles. The SMILES string of the molecule is CCCCNC(=O)c1ccc(CNC(=NC)N2CCC(Oc3ccccc3)CC2)cc1.I. The van der Waals surface area contributed by atoms with Gasteiger partial charge in [-0.15, -0.1) is 24.0 Å². The van der Waals surface area contributed by atoms with Gasteiger partial charge in [-0.05, 0) is 36.2 Å². The average Bonchev–Trinajstić information content (AvgIpc) is 2.81. The maximum absolute atomic E-state index is 12.1. The van der Waals surface area contributed by atoms with Crippen LogP contribution in [0.25, 0.3) is 0 Å². The monoisotopic (exact) mass is 550 g/mol. The maximum atomic E-state index is 12.1. The molecule has 0 saturated carbocycles. The van der Waals surface area contributed by atoms with Gasteiger partial charge in [-0.25, -0.2) is 0 Å². The number of carbonyl (C=O) groups is 1. The van der Waals surface area contributed by atoms with Crippen LogP contribution in [0.15, 0.2) is 59.6 Å². The van der Waals surface area contributed by atoms with Crippen LogP contribution >= 0.6 is 24.0 Å². The number of rotatable bonds is 8. The number of ether oxygens (including phenoxy) is 1. The molecular weight excluding hydrogens is 515 g/mol. The third-order valence-electron chi connectivity index (χ3n) is 5.48. The predicted octanol–water partition coefficient (Wildman–Crippen LogP) is 4.45. The van der Waals surface area contributed by atoms with Crippen molar-refractivity contribution in [2.45, 2.75) is 45.3 Å². The number of nitrogens with zero attached hydrogens (tertiary/aromatic N) is 2. The molecule has 0 bridgehead atoms. The number of aliphatic imine (C=N–C) groups is 1. The first-order valence-corrected chi connectivity index (χ1v) is 11.2. The van der Waals surface area contributed by atoms with Crippen molar-refractivity contribution in [3.05, 3.63) is 65.7 Å². The number of carbonyl (C=O) groups excluding carboxylic acids is 1. The smallest absolute Gasteiger partial charge is 0.251 e. The van der Waals surface area contributed by atoms with E-state index in [4.69, 9.17) is 4.74 Å². The Balaban J connectivity index is 0.00000363. The number of benzene rings is 2. The fourth-order valence-electron chi connectivity index (χ4n) is 3.65. The standard InChI is InChI=1S/C25H34N4O2.HI/c1-3-4-16-27-24(30)21-12-10-20(11-13-21)19-28-25(26-2)29-17-14-23(15-18-29)31-22-8-6-5-7-9-22;/h5-13,23H,3-4,14-19H2,1-2H3,(H,26,28)(H,27,30);1H. The van der Waals surface area contributed by atoms with Crippen molar-refractivity contribution in [2.24, 2.45) is 4.99 Å². The molecule has 7 heteroatoms. The van der Waals surface area contributed by atoms with Crippen molar-refractivity contribution in [3.63, 3.8) is 0 Å². The third-order valence-corrected chi connectivity index (χ3v) is 5.48. The molecule has 6 nitrogen and oxygen atoms in total. The lowest BCUT2D eigenvalue weighted by Crippen LogP contribution is -2.47. The minimum atomic E-state index is -0.00985. The van der Waals surface area contributed by atoms with Gasteiger partial charge in [0.25, 0.3) is 5.91 Å². The number of guanidine groups is 1. The van der Waals surface area contributed by atoms with Crippen molar-refractivity contribution in [2.75, 3.05) is 26.7 Å². The number of amides is 1. The van der Waals surface area contributed by atoms with Crippen LogP contribution in [0.4, 0.5) is 0 Å². The van der Waals surface area contributed by atoms with Crippen LogP contribution in [-0.4, -0.2) is 49.6 Å². The Morgan fingerprint density at radius 2 is 1.75 bits per heavy atom. The minimum Gasteiger partial charge on any atom is -0.490 e. The van der Waals surface area contributed by atoms with Gasteiger partial charge in [-0.1, -0.05) is 43.7 Å². The van der Waals surface area contributed by atoms with E-state index in [0.29, 0.717) is 12.1 Å². The summed E-state index contributed by atoms with van der Waals surface area (Å²) >= 11 is 0. The predicted molar refractivity (Wildman–Crippen MR) is 141 cm³/mol. The summed E-state index contributed by atoms with van der Waals surface area (Å²) in [6.45, 7) is 5.33. The van der Waals surface area contributed by atoms with Crippen LogP contribution in [0.2, 0.25) is 0 Å². The van der Waals surface area contributed by atoms with Crippen molar-refractivity contribution < 1.29 is 9.53 Å². The van der Waals surface area contributed by atoms with Gasteiger partial charge in [0.2, 0.25) is 0 Å². The van der Waals surface area contributed by atoms with E-state index in [1.165, 1.54) is 0 Å². The number of likely N-dealkylation sites (tertiary alicyclic amines) is 1. The molecule has 1 heterocycles. The Bertz CT molecular complexity index is 835. The van der Waals surface area contributed by atoms with E-state index < -0.39 is 0 Å². The molecular formula is C25H35IN4O2. The average molecular weight is 550 g/mol. The van der Waals surface area contributed by atoms with Gasteiger partial charge in [-0.2, -0.15) is 0 Å². The summed E-state index contributed by atoms with van der Waals surface area (Å²) in [5.74, 6) is 1.83. The zero-order valence-corrected chi connectivity index (χ0v) is 21.4. The van der Waals surface area contributed by atoms with Crippen molar-refractivity contribution >= 4 is 35.8 Å². The topological polar surface area (TPSA) is 66.0 Å². The first-order chi connectivity index (χ1) is 15.2. The number of nitrogens with one attached hydrogen (secondary N) is 2. The minimum absolute atomic E-state index is 0. The van der Waals surface area contributed by atoms with E-state index >= 15 is 0 Å². The van der Waals surface area contributed by atoms with E-state index in [0.717, 1.165) is 62.6 Å². The number of hydrogen-bond donors (Lipinski definition) is 2. The molecule has 0 radical (unpaired) electrons. The van der Waals surface area contributed by atoms with Crippen LogP contribution in [0.3, 0.4) is 0 Å². The molecule has 1 aliphatic rings. The molecule has 0 aliphatic carbocycles. The summed E-state index contributed by atoms with van der Waals surface area (Å²) < 4.78 is 6.09. The molecule has 2 aromatic rings. The van der Waals surface area contributed by atoms with Crippen LogP contribution < -0.4 is 15.4 Å². The van der Waals surface area contributed by atoms with Gasteiger partial charge >= 0.3 is 0 Å². The normalized spacial score (nSPS) is 14.4. The number of hydrogen-bond acceptors (Lipinski definition) is 3.